The Balaban J connectivity index is 1.74. The van der Waals surface area contributed by atoms with Gasteiger partial charge in [-0.3, -0.25) is 14.5 Å². The van der Waals surface area contributed by atoms with Crippen LogP contribution in [0.1, 0.15) is 33.5 Å². The van der Waals surface area contributed by atoms with Gasteiger partial charge in [0, 0.05) is 24.7 Å². The van der Waals surface area contributed by atoms with Crippen LogP contribution in [0.3, 0.4) is 0 Å². The van der Waals surface area contributed by atoms with Gasteiger partial charge in [0.1, 0.15) is 17.5 Å². The van der Waals surface area contributed by atoms with Crippen molar-refractivity contribution < 1.29 is 23.8 Å². The quantitative estimate of drug-likeness (QED) is 0.686. The van der Waals surface area contributed by atoms with E-state index in [9.17, 15) is 9.59 Å². The highest BCUT2D eigenvalue weighted by Crippen LogP contribution is 2.28. The second-order valence-electron chi connectivity index (χ2n) is 7.78. The highest BCUT2D eigenvalue weighted by atomic mass is 16.5. The maximum absolute atomic E-state index is 12.7. The van der Waals surface area contributed by atoms with Crippen LogP contribution in [-0.2, 0) is 16.1 Å². The number of ether oxygens (including phenoxy) is 3. The van der Waals surface area contributed by atoms with Crippen molar-refractivity contribution in [3.8, 4) is 11.5 Å². The minimum Gasteiger partial charge on any atom is -0.497 e. The van der Waals surface area contributed by atoms with E-state index in [0.29, 0.717) is 30.8 Å². The van der Waals surface area contributed by atoms with Gasteiger partial charge in [-0.2, -0.15) is 0 Å². The monoisotopic (exact) mass is 426 g/mol. The average Bonchev–Trinajstić information content (AvgIpc) is 3.18. The Morgan fingerprint density at radius 2 is 1.71 bits per heavy atom. The van der Waals surface area contributed by atoms with E-state index in [2.05, 4.69) is 17.1 Å². The van der Waals surface area contributed by atoms with E-state index >= 15 is 0 Å². The number of nitrogens with zero attached hydrogens (tertiary/aromatic N) is 1. The summed E-state index contributed by atoms with van der Waals surface area (Å²) < 4.78 is 15.6. The van der Waals surface area contributed by atoms with E-state index < -0.39 is 6.04 Å². The smallest absolute Gasteiger partial charge is 0.323 e. The molecule has 7 nitrogen and oxygen atoms in total. The summed E-state index contributed by atoms with van der Waals surface area (Å²) in [4.78, 5) is 27.2. The molecule has 1 saturated heterocycles. The zero-order chi connectivity index (χ0) is 22.5. The molecule has 2 aromatic rings. The molecular weight excluding hydrogens is 396 g/mol. The summed E-state index contributed by atoms with van der Waals surface area (Å²) in [5, 5.41) is 3.05. The summed E-state index contributed by atoms with van der Waals surface area (Å²) >= 11 is 0. The van der Waals surface area contributed by atoms with Crippen LogP contribution in [0.4, 0.5) is 0 Å². The number of benzene rings is 2. The molecule has 2 aromatic carbocycles. The average molecular weight is 427 g/mol. The van der Waals surface area contributed by atoms with Crippen LogP contribution in [0.5, 0.6) is 11.5 Å². The first kappa shape index (κ1) is 22.6. The van der Waals surface area contributed by atoms with Crippen molar-refractivity contribution in [3.05, 3.63) is 58.7 Å². The lowest BCUT2D eigenvalue weighted by molar-refractivity contribution is -0.146. The molecule has 1 aliphatic rings. The maximum Gasteiger partial charge on any atom is 0.323 e. The van der Waals surface area contributed by atoms with Crippen molar-refractivity contribution in [2.75, 3.05) is 27.9 Å². The van der Waals surface area contributed by atoms with Crippen molar-refractivity contribution in [3.63, 3.8) is 0 Å². The number of carbonyl (C=O) groups is 2. The fourth-order valence-electron chi connectivity index (χ4n) is 4.04. The molecule has 31 heavy (non-hydrogen) atoms. The van der Waals surface area contributed by atoms with Crippen LogP contribution < -0.4 is 14.8 Å². The van der Waals surface area contributed by atoms with E-state index in [1.807, 2.05) is 19.1 Å². The second-order valence-corrected chi connectivity index (χ2v) is 7.78. The summed E-state index contributed by atoms with van der Waals surface area (Å²) in [7, 11) is 4.64. The van der Waals surface area contributed by atoms with E-state index in [1.54, 1.807) is 38.5 Å². The maximum atomic E-state index is 12.7. The first-order valence-electron chi connectivity index (χ1n) is 10.3. The molecule has 1 fully saturated rings. The molecule has 166 valence electrons. The van der Waals surface area contributed by atoms with Gasteiger partial charge in [-0.25, -0.2) is 0 Å². The van der Waals surface area contributed by atoms with Crippen LogP contribution in [0, 0.1) is 13.8 Å². The third-order valence-corrected chi connectivity index (χ3v) is 6.01. The standard InChI is InChI=1S/C24H30N2O5/c1-15-16(2)22(30-4)11-8-18(15)13-26-14-19(12-21(26)24(28)31-5)25-23(27)17-6-9-20(29-3)10-7-17/h6-11,19,21H,12-14H2,1-5H3,(H,25,27)/t19-,21+/m1/s1. The highest BCUT2D eigenvalue weighted by molar-refractivity contribution is 5.94. The number of hydrogen-bond acceptors (Lipinski definition) is 6. The fourth-order valence-corrected chi connectivity index (χ4v) is 4.04. The van der Waals surface area contributed by atoms with Gasteiger partial charge in [-0.15, -0.1) is 0 Å². The normalized spacial score (nSPS) is 18.5. The van der Waals surface area contributed by atoms with Gasteiger partial charge in [0.05, 0.1) is 21.3 Å². The molecule has 0 spiro atoms. The lowest BCUT2D eigenvalue weighted by atomic mass is 10.0. The Morgan fingerprint density at radius 3 is 2.32 bits per heavy atom. The molecule has 3 rings (SSSR count). The van der Waals surface area contributed by atoms with E-state index in [1.165, 1.54) is 7.11 Å². The molecular formula is C24H30N2O5. The molecule has 7 heteroatoms. The predicted molar refractivity (Wildman–Crippen MR) is 118 cm³/mol. The predicted octanol–water partition coefficient (Wildman–Crippen LogP) is 2.87. The molecule has 1 N–H and O–H groups in total. The summed E-state index contributed by atoms with van der Waals surface area (Å²) in [5.41, 5.74) is 3.89. The van der Waals surface area contributed by atoms with Crippen LogP contribution in [-0.4, -0.2) is 56.7 Å². The molecule has 0 saturated carbocycles. The first-order chi connectivity index (χ1) is 14.9. The van der Waals surface area contributed by atoms with Gasteiger partial charge in [0.15, 0.2) is 0 Å². The molecule has 0 aliphatic carbocycles. The zero-order valence-electron chi connectivity index (χ0n) is 18.7. The van der Waals surface area contributed by atoms with Crippen molar-refractivity contribution >= 4 is 11.9 Å². The van der Waals surface area contributed by atoms with Crippen molar-refractivity contribution in [2.24, 2.45) is 0 Å². The Bertz CT molecular complexity index is 942. The van der Waals surface area contributed by atoms with E-state index in [0.717, 1.165) is 22.4 Å². The molecule has 2 atom stereocenters. The topological polar surface area (TPSA) is 77.1 Å². The number of likely N-dealkylation sites (tertiary alicyclic amines) is 1. The van der Waals surface area contributed by atoms with Gasteiger partial charge in [0.25, 0.3) is 5.91 Å². The van der Waals surface area contributed by atoms with Crippen LogP contribution in [0.2, 0.25) is 0 Å². The number of hydrogen-bond donors (Lipinski definition) is 1. The third kappa shape index (κ3) is 4.99. The number of esters is 1. The van der Waals surface area contributed by atoms with Crippen molar-refractivity contribution in [1.29, 1.82) is 0 Å². The molecule has 1 amide bonds. The van der Waals surface area contributed by atoms with Gasteiger partial charge in [-0.05, 0) is 67.3 Å². The van der Waals surface area contributed by atoms with Crippen molar-refractivity contribution in [2.45, 2.75) is 38.9 Å². The third-order valence-electron chi connectivity index (χ3n) is 6.01. The number of carbonyl (C=O) groups excluding carboxylic acids is 2. The highest BCUT2D eigenvalue weighted by Gasteiger charge is 2.38. The molecule has 0 unspecified atom stereocenters. The number of methoxy groups -OCH3 is 3. The Labute approximate surface area is 183 Å². The molecule has 0 aromatic heterocycles. The van der Waals surface area contributed by atoms with Gasteiger partial charge < -0.3 is 19.5 Å². The molecule has 1 aliphatic heterocycles. The van der Waals surface area contributed by atoms with Gasteiger partial charge in [0.2, 0.25) is 0 Å². The molecule has 1 heterocycles. The number of amides is 1. The summed E-state index contributed by atoms with van der Waals surface area (Å²) in [5.74, 6) is 1.08. The number of nitrogens with one attached hydrogen (secondary N) is 1. The largest absolute Gasteiger partial charge is 0.497 e. The van der Waals surface area contributed by atoms with Crippen molar-refractivity contribution in [1.82, 2.24) is 10.2 Å². The van der Waals surface area contributed by atoms with Gasteiger partial charge in [-0.1, -0.05) is 6.07 Å². The summed E-state index contributed by atoms with van der Waals surface area (Å²) in [6.45, 7) is 5.23. The Morgan fingerprint density at radius 1 is 1.00 bits per heavy atom. The minimum atomic E-state index is -0.409. The van der Waals surface area contributed by atoms with E-state index in [-0.39, 0.29) is 17.9 Å². The fraction of sp³-hybridized carbons (Fsp3) is 0.417. The Kier molecular flexibility index (Phi) is 7.17. The van der Waals surface area contributed by atoms with Crippen LogP contribution in [0.25, 0.3) is 0 Å². The number of rotatable bonds is 7. The lowest BCUT2D eigenvalue weighted by Gasteiger charge is -2.24. The molecule has 0 bridgehead atoms. The van der Waals surface area contributed by atoms with Gasteiger partial charge >= 0.3 is 5.97 Å². The lowest BCUT2D eigenvalue weighted by Crippen LogP contribution is -2.38. The SMILES string of the molecule is COC(=O)[C@@H]1C[C@@H](NC(=O)c2ccc(OC)cc2)CN1Cc1ccc(OC)c(C)c1C. The Hall–Kier alpha value is -3.06. The first-order valence-corrected chi connectivity index (χ1v) is 10.3. The van der Waals surface area contributed by atoms with Crippen LogP contribution in [0.15, 0.2) is 36.4 Å². The summed E-state index contributed by atoms with van der Waals surface area (Å²) in [6.07, 6.45) is 0.503. The second kappa shape index (κ2) is 9.83. The summed E-state index contributed by atoms with van der Waals surface area (Å²) in [6, 6.07) is 10.4. The van der Waals surface area contributed by atoms with Crippen LogP contribution >= 0.6 is 0 Å². The van der Waals surface area contributed by atoms with E-state index in [4.69, 9.17) is 14.2 Å². The molecule has 0 radical (unpaired) electrons. The minimum absolute atomic E-state index is 0.154. The zero-order valence-corrected chi connectivity index (χ0v) is 18.7.